The number of nitrogens with zero attached hydrogens (tertiary/aromatic N) is 2. The van der Waals surface area contributed by atoms with Crippen molar-refractivity contribution in [3.05, 3.63) is 23.8 Å². The third kappa shape index (κ3) is 3.27. The molecule has 0 unspecified atom stereocenters. The van der Waals surface area contributed by atoms with E-state index in [2.05, 4.69) is 0 Å². The highest BCUT2D eigenvalue weighted by atomic mass is 16.6. The van der Waals surface area contributed by atoms with Crippen LogP contribution in [0.5, 0.6) is 11.5 Å². The van der Waals surface area contributed by atoms with Gasteiger partial charge in [0.2, 0.25) is 5.91 Å². The molecule has 3 aliphatic heterocycles. The van der Waals surface area contributed by atoms with Crippen LogP contribution in [0.15, 0.2) is 18.2 Å². The molecule has 0 aliphatic carbocycles. The molecular formula is C20H24N2O6. The van der Waals surface area contributed by atoms with Gasteiger partial charge in [0.05, 0.1) is 0 Å². The number of carbonyl (C=O) groups excluding carboxylic acids is 2. The van der Waals surface area contributed by atoms with E-state index in [0.29, 0.717) is 69.2 Å². The SMILES string of the molecule is CC(=O)N1CC2(CCN(C(=O)c3ccc4c(c3)OCCO4)CC2)C[C@@H]1C(=O)O. The Kier molecular flexibility index (Phi) is 4.64. The van der Waals surface area contributed by atoms with Gasteiger partial charge in [0.1, 0.15) is 19.3 Å². The van der Waals surface area contributed by atoms with Gasteiger partial charge in [0.15, 0.2) is 11.5 Å². The normalized spacial score (nSPS) is 23.0. The van der Waals surface area contributed by atoms with E-state index >= 15 is 0 Å². The summed E-state index contributed by atoms with van der Waals surface area (Å²) >= 11 is 0. The fourth-order valence-corrected chi connectivity index (χ4v) is 4.51. The van der Waals surface area contributed by atoms with Crippen LogP contribution in [-0.4, -0.2) is 71.6 Å². The lowest BCUT2D eigenvalue weighted by molar-refractivity contribution is -0.147. The van der Waals surface area contributed by atoms with Crippen molar-refractivity contribution in [1.82, 2.24) is 9.80 Å². The van der Waals surface area contributed by atoms with Crippen LogP contribution in [0.2, 0.25) is 0 Å². The van der Waals surface area contributed by atoms with E-state index in [1.54, 1.807) is 23.1 Å². The van der Waals surface area contributed by atoms with Gasteiger partial charge in [-0.3, -0.25) is 9.59 Å². The lowest BCUT2D eigenvalue weighted by Gasteiger charge is -2.39. The van der Waals surface area contributed by atoms with Gasteiger partial charge < -0.3 is 24.4 Å². The molecule has 0 aromatic heterocycles. The number of likely N-dealkylation sites (tertiary alicyclic amines) is 2. The zero-order chi connectivity index (χ0) is 19.9. The molecule has 2 amide bonds. The highest BCUT2D eigenvalue weighted by Gasteiger charge is 2.49. The minimum atomic E-state index is -0.957. The first-order chi connectivity index (χ1) is 13.4. The Hall–Kier alpha value is -2.77. The van der Waals surface area contributed by atoms with Gasteiger partial charge in [-0.1, -0.05) is 0 Å². The molecule has 0 saturated carbocycles. The van der Waals surface area contributed by atoms with Crippen LogP contribution in [0.4, 0.5) is 0 Å². The molecule has 150 valence electrons. The van der Waals surface area contributed by atoms with Gasteiger partial charge in [-0.05, 0) is 42.9 Å². The number of ether oxygens (including phenoxy) is 2. The van der Waals surface area contributed by atoms with Crippen LogP contribution in [0.3, 0.4) is 0 Å². The summed E-state index contributed by atoms with van der Waals surface area (Å²) in [5, 5.41) is 9.45. The Balaban J connectivity index is 1.43. The second-order valence-electron chi connectivity index (χ2n) is 7.86. The number of aliphatic carboxylic acids is 1. The lowest BCUT2D eigenvalue weighted by atomic mass is 9.76. The molecule has 0 bridgehead atoms. The van der Waals surface area contributed by atoms with Gasteiger partial charge in [0, 0.05) is 32.1 Å². The maximum Gasteiger partial charge on any atom is 0.326 e. The number of benzene rings is 1. The summed E-state index contributed by atoms with van der Waals surface area (Å²) in [6, 6.07) is 4.45. The third-order valence-electron chi connectivity index (χ3n) is 6.10. The highest BCUT2D eigenvalue weighted by molar-refractivity contribution is 5.95. The Morgan fingerprint density at radius 2 is 1.79 bits per heavy atom. The molecule has 3 aliphatic rings. The lowest BCUT2D eigenvalue weighted by Crippen LogP contribution is -2.44. The summed E-state index contributed by atoms with van der Waals surface area (Å²) in [7, 11) is 0. The zero-order valence-electron chi connectivity index (χ0n) is 15.8. The molecule has 1 N–H and O–H groups in total. The number of piperidine rings is 1. The van der Waals surface area contributed by atoms with Gasteiger partial charge >= 0.3 is 5.97 Å². The molecule has 0 radical (unpaired) electrons. The molecule has 1 spiro atoms. The van der Waals surface area contributed by atoms with Crippen LogP contribution in [0, 0.1) is 5.41 Å². The fraction of sp³-hybridized carbons (Fsp3) is 0.550. The van der Waals surface area contributed by atoms with Crippen molar-refractivity contribution < 1.29 is 29.0 Å². The number of carboxylic acids is 1. The number of amides is 2. The molecule has 8 nitrogen and oxygen atoms in total. The summed E-state index contributed by atoms with van der Waals surface area (Å²) in [4.78, 5) is 39.5. The third-order valence-corrected chi connectivity index (χ3v) is 6.10. The predicted molar refractivity (Wildman–Crippen MR) is 98.4 cm³/mol. The van der Waals surface area contributed by atoms with E-state index in [1.807, 2.05) is 0 Å². The first-order valence-corrected chi connectivity index (χ1v) is 9.57. The van der Waals surface area contributed by atoms with Crippen molar-refractivity contribution in [3.8, 4) is 11.5 Å². The monoisotopic (exact) mass is 388 g/mol. The number of hydrogen-bond acceptors (Lipinski definition) is 5. The van der Waals surface area contributed by atoms with Gasteiger partial charge in [-0.25, -0.2) is 4.79 Å². The van der Waals surface area contributed by atoms with E-state index in [-0.39, 0.29) is 17.2 Å². The molecule has 2 saturated heterocycles. The molecule has 1 aromatic carbocycles. The zero-order valence-corrected chi connectivity index (χ0v) is 15.8. The number of fused-ring (bicyclic) bond motifs is 1. The van der Waals surface area contributed by atoms with Gasteiger partial charge in [-0.2, -0.15) is 0 Å². The molecule has 4 rings (SSSR count). The Morgan fingerprint density at radius 1 is 1.11 bits per heavy atom. The average molecular weight is 388 g/mol. The largest absolute Gasteiger partial charge is 0.486 e. The second-order valence-corrected chi connectivity index (χ2v) is 7.86. The van der Waals surface area contributed by atoms with Crippen LogP contribution in [0.25, 0.3) is 0 Å². The summed E-state index contributed by atoms with van der Waals surface area (Å²) in [5.74, 6) is 0.00195. The summed E-state index contributed by atoms with van der Waals surface area (Å²) in [6.07, 6.45) is 1.83. The maximum absolute atomic E-state index is 12.9. The van der Waals surface area contributed by atoms with Crippen molar-refractivity contribution in [2.24, 2.45) is 5.41 Å². The molecular weight excluding hydrogens is 364 g/mol. The number of carbonyl (C=O) groups is 3. The quantitative estimate of drug-likeness (QED) is 0.822. The van der Waals surface area contributed by atoms with Crippen molar-refractivity contribution in [2.75, 3.05) is 32.8 Å². The molecule has 3 heterocycles. The fourth-order valence-electron chi connectivity index (χ4n) is 4.51. The van der Waals surface area contributed by atoms with E-state index in [9.17, 15) is 19.5 Å². The van der Waals surface area contributed by atoms with E-state index in [1.165, 1.54) is 11.8 Å². The van der Waals surface area contributed by atoms with Crippen molar-refractivity contribution in [3.63, 3.8) is 0 Å². The predicted octanol–water partition coefficient (Wildman–Crippen LogP) is 1.39. The molecule has 1 atom stereocenters. The van der Waals surface area contributed by atoms with Crippen LogP contribution in [0.1, 0.15) is 36.5 Å². The summed E-state index contributed by atoms with van der Waals surface area (Å²) in [6.45, 7) is 3.93. The Morgan fingerprint density at radius 3 is 2.39 bits per heavy atom. The Bertz CT molecular complexity index is 791. The van der Waals surface area contributed by atoms with E-state index < -0.39 is 12.0 Å². The molecule has 28 heavy (non-hydrogen) atoms. The van der Waals surface area contributed by atoms with Gasteiger partial charge in [0.25, 0.3) is 5.91 Å². The van der Waals surface area contributed by atoms with Crippen LogP contribution >= 0.6 is 0 Å². The van der Waals surface area contributed by atoms with Crippen molar-refractivity contribution >= 4 is 17.8 Å². The second kappa shape index (κ2) is 7.00. The summed E-state index contributed by atoms with van der Waals surface area (Å²) in [5.41, 5.74) is 0.332. The first kappa shape index (κ1) is 18.6. The maximum atomic E-state index is 12.9. The molecule has 8 heteroatoms. The average Bonchev–Trinajstić information content (AvgIpc) is 3.07. The van der Waals surface area contributed by atoms with Crippen molar-refractivity contribution in [1.29, 1.82) is 0 Å². The Labute approximate surface area is 163 Å². The van der Waals surface area contributed by atoms with Crippen molar-refractivity contribution in [2.45, 2.75) is 32.2 Å². The van der Waals surface area contributed by atoms with E-state index in [0.717, 1.165) is 0 Å². The topological polar surface area (TPSA) is 96.4 Å². The first-order valence-electron chi connectivity index (χ1n) is 9.57. The number of rotatable bonds is 2. The van der Waals surface area contributed by atoms with Crippen LogP contribution in [-0.2, 0) is 9.59 Å². The van der Waals surface area contributed by atoms with Gasteiger partial charge in [-0.15, -0.1) is 0 Å². The minimum absolute atomic E-state index is 0.0666. The number of carboxylic acid groups (broad SMARTS) is 1. The highest BCUT2D eigenvalue weighted by Crippen LogP contribution is 2.44. The van der Waals surface area contributed by atoms with E-state index in [4.69, 9.17) is 9.47 Å². The summed E-state index contributed by atoms with van der Waals surface area (Å²) < 4.78 is 11.1. The molecule has 2 fully saturated rings. The smallest absolute Gasteiger partial charge is 0.326 e. The standard InChI is InChI=1S/C20H24N2O6/c1-13(23)22-12-20(11-15(22)19(25)26)4-6-21(7-5-20)18(24)14-2-3-16-17(10-14)28-9-8-27-16/h2-3,10,15H,4-9,11-12H2,1H3,(H,25,26)/t15-/m1/s1. The molecule has 1 aromatic rings. The number of hydrogen-bond donors (Lipinski definition) is 1. The van der Waals surface area contributed by atoms with Crippen LogP contribution < -0.4 is 9.47 Å². The minimum Gasteiger partial charge on any atom is -0.486 e.